The van der Waals surface area contributed by atoms with Crippen LogP contribution in [0.25, 0.3) is 0 Å². The standard InChI is InChI=1S/C18H20N4O3/c23-18(20-13-14-5-4-8-19-12-14)15-6-7-16(17(11-15)22(24)25)21-9-2-1-3-10-21/h4-8,11-12H,1-3,9-10,13H2,(H,20,23). The molecule has 2 aromatic rings. The molecule has 0 spiro atoms. The lowest BCUT2D eigenvalue weighted by molar-refractivity contribution is -0.384. The minimum atomic E-state index is -0.415. The molecule has 1 aromatic heterocycles. The lowest BCUT2D eigenvalue weighted by Gasteiger charge is -2.28. The molecule has 1 aromatic carbocycles. The van der Waals surface area contributed by atoms with Crippen LogP contribution in [0, 0.1) is 10.1 Å². The molecule has 0 saturated carbocycles. The number of nitro groups is 1. The van der Waals surface area contributed by atoms with Gasteiger partial charge < -0.3 is 10.2 Å². The van der Waals surface area contributed by atoms with Gasteiger partial charge in [0.25, 0.3) is 11.6 Å². The number of aromatic nitrogens is 1. The van der Waals surface area contributed by atoms with E-state index in [4.69, 9.17) is 0 Å². The van der Waals surface area contributed by atoms with Gasteiger partial charge in [-0.15, -0.1) is 0 Å². The highest BCUT2D eigenvalue weighted by Gasteiger charge is 2.23. The zero-order chi connectivity index (χ0) is 17.6. The maximum atomic E-state index is 12.3. The Kier molecular flexibility index (Phi) is 5.23. The molecular formula is C18H20N4O3. The van der Waals surface area contributed by atoms with Crippen LogP contribution in [0.1, 0.15) is 35.2 Å². The number of piperidine rings is 1. The van der Waals surface area contributed by atoms with Crippen LogP contribution in [0.4, 0.5) is 11.4 Å². The topological polar surface area (TPSA) is 88.4 Å². The predicted octanol–water partition coefficient (Wildman–Crippen LogP) is 2.91. The first-order valence-electron chi connectivity index (χ1n) is 8.35. The Hall–Kier alpha value is -2.96. The summed E-state index contributed by atoms with van der Waals surface area (Å²) < 4.78 is 0. The number of nitrogens with zero attached hydrogens (tertiary/aromatic N) is 3. The summed E-state index contributed by atoms with van der Waals surface area (Å²) in [5.74, 6) is -0.336. The molecule has 1 N–H and O–H groups in total. The van der Waals surface area contributed by atoms with Crippen molar-refractivity contribution in [2.75, 3.05) is 18.0 Å². The average Bonchev–Trinajstić information content (AvgIpc) is 2.67. The normalized spacial score (nSPS) is 14.2. The van der Waals surface area contributed by atoms with Gasteiger partial charge >= 0.3 is 0 Å². The zero-order valence-corrected chi connectivity index (χ0v) is 13.9. The number of hydrogen-bond donors (Lipinski definition) is 1. The monoisotopic (exact) mass is 340 g/mol. The van der Waals surface area contributed by atoms with E-state index in [0.29, 0.717) is 12.2 Å². The molecule has 7 nitrogen and oxygen atoms in total. The van der Waals surface area contributed by atoms with Crippen LogP contribution in [-0.4, -0.2) is 28.9 Å². The van der Waals surface area contributed by atoms with E-state index in [2.05, 4.69) is 10.3 Å². The van der Waals surface area contributed by atoms with E-state index in [-0.39, 0.29) is 17.2 Å². The molecule has 0 atom stereocenters. The fourth-order valence-corrected chi connectivity index (χ4v) is 3.00. The van der Waals surface area contributed by atoms with Crippen LogP contribution in [0.5, 0.6) is 0 Å². The number of hydrogen-bond acceptors (Lipinski definition) is 5. The SMILES string of the molecule is O=C(NCc1cccnc1)c1ccc(N2CCCCC2)c([N+](=O)[O-])c1. The molecule has 1 aliphatic heterocycles. The van der Waals surface area contributed by atoms with Gasteiger partial charge in [-0.3, -0.25) is 19.9 Å². The summed E-state index contributed by atoms with van der Waals surface area (Å²) in [5.41, 5.74) is 1.73. The molecule has 25 heavy (non-hydrogen) atoms. The third-order valence-electron chi connectivity index (χ3n) is 4.31. The van der Waals surface area contributed by atoms with E-state index in [1.165, 1.54) is 6.07 Å². The average molecular weight is 340 g/mol. The van der Waals surface area contributed by atoms with Crippen LogP contribution in [0.2, 0.25) is 0 Å². The summed E-state index contributed by atoms with van der Waals surface area (Å²) in [6, 6.07) is 8.34. The third kappa shape index (κ3) is 4.12. The minimum absolute atomic E-state index is 0.0177. The van der Waals surface area contributed by atoms with E-state index in [9.17, 15) is 14.9 Å². The molecule has 1 aliphatic rings. The highest BCUT2D eigenvalue weighted by molar-refractivity contribution is 5.95. The Morgan fingerprint density at radius 2 is 2.04 bits per heavy atom. The largest absolute Gasteiger partial charge is 0.366 e. The van der Waals surface area contributed by atoms with E-state index in [1.54, 1.807) is 30.6 Å². The number of benzene rings is 1. The van der Waals surface area contributed by atoms with Gasteiger partial charge in [0.1, 0.15) is 5.69 Å². The Morgan fingerprint density at radius 1 is 1.24 bits per heavy atom. The summed E-state index contributed by atoms with van der Waals surface area (Å²) >= 11 is 0. The molecule has 1 saturated heterocycles. The third-order valence-corrected chi connectivity index (χ3v) is 4.31. The van der Waals surface area contributed by atoms with Crippen molar-refractivity contribution in [3.63, 3.8) is 0 Å². The second-order valence-electron chi connectivity index (χ2n) is 6.05. The van der Waals surface area contributed by atoms with E-state index in [0.717, 1.165) is 37.9 Å². The highest BCUT2D eigenvalue weighted by Crippen LogP contribution is 2.31. The molecule has 3 rings (SSSR count). The maximum Gasteiger partial charge on any atom is 0.293 e. The summed E-state index contributed by atoms with van der Waals surface area (Å²) in [6.07, 6.45) is 6.55. The molecule has 0 radical (unpaired) electrons. The summed E-state index contributed by atoms with van der Waals surface area (Å²) in [6.45, 7) is 1.95. The van der Waals surface area contributed by atoms with Crippen molar-refractivity contribution in [1.82, 2.24) is 10.3 Å². The van der Waals surface area contributed by atoms with Gasteiger partial charge in [-0.2, -0.15) is 0 Å². The van der Waals surface area contributed by atoms with Gasteiger partial charge in [-0.25, -0.2) is 0 Å². The Bertz CT molecular complexity index is 758. The van der Waals surface area contributed by atoms with Crippen LogP contribution in [0.3, 0.4) is 0 Å². The van der Waals surface area contributed by atoms with Crippen LogP contribution in [-0.2, 0) is 6.54 Å². The van der Waals surface area contributed by atoms with Crippen molar-refractivity contribution in [3.05, 3.63) is 64.0 Å². The fourth-order valence-electron chi connectivity index (χ4n) is 3.00. The van der Waals surface area contributed by atoms with E-state index in [1.807, 2.05) is 11.0 Å². The molecule has 0 bridgehead atoms. The van der Waals surface area contributed by atoms with Gasteiger partial charge in [0, 0.05) is 43.7 Å². The van der Waals surface area contributed by atoms with Crippen LogP contribution < -0.4 is 10.2 Å². The lowest BCUT2D eigenvalue weighted by Crippen LogP contribution is -2.30. The van der Waals surface area contributed by atoms with Crippen molar-refractivity contribution in [2.24, 2.45) is 0 Å². The predicted molar refractivity (Wildman–Crippen MR) is 94.6 cm³/mol. The highest BCUT2D eigenvalue weighted by atomic mass is 16.6. The number of amides is 1. The lowest BCUT2D eigenvalue weighted by atomic mass is 10.1. The number of anilines is 1. The van der Waals surface area contributed by atoms with Gasteiger partial charge in [-0.1, -0.05) is 6.07 Å². The van der Waals surface area contributed by atoms with Gasteiger partial charge in [0.05, 0.1) is 4.92 Å². The smallest absolute Gasteiger partial charge is 0.293 e. The Morgan fingerprint density at radius 3 is 2.72 bits per heavy atom. The van der Waals surface area contributed by atoms with E-state index >= 15 is 0 Å². The molecule has 0 aliphatic carbocycles. The molecule has 1 fully saturated rings. The first-order chi connectivity index (χ1) is 12.1. The second kappa shape index (κ2) is 7.74. The van der Waals surface area contributed by atoms with Gasteiger partial charge in [0.2, 0.25) is 0 Å². The summed E-state index contributed by atoms with van der Waals surface area (Å²) in [5, 5.41) is 14.2. The number of nitro benzene ring substituents is 1. The maximum absolute atomic E-state index is 12.3. The van der Waals surface area contributed by atoms with E-state index < -0.39 is 4.92 Å². The Balaban J connectivity index is 1.76. The summed E-state index contributed by atoms with van der Waals surface area (Å²) in [4.78, 5) is 29.4. The molecule has 1 amide bonds. The van der Waals surface area contributed by atoms with Crippen molar-refractivity contribution >= 4 is 17.3 Å². The minimum Gasteiger partial charge on any atom is -0.366 e. The second-order valence-corrected chi connectivity index (χ2v) is 6.05. The first kappa shape index (κ1) is 16.9. The van der Waals surface area contributed by atoms with Gasteiger partial charge in [-0.05, 0) is 43.0 Å². The quantitative estimate of drug-likeness (QED) is 0.668. The number of rotatable bonds is 5. The van der Waals surface area contributed by atoms with Crippen molar-refractivity contribution in [2.45, 2.75) is 25.8 Å². The van der Waals surface area contributed by atoms with Crippen molar-refractivity contribution in [1.29, 1.82) is 0 Å². The number of nitrogens with one attached hydrogen (secondary N) is 1. The molecular weight excluding hydrogens is 320 g/mol. The van der Waals surface area contributed by atoms with Crippen LogP contribution >= 0.6 is 0 Å². The summed E-state index contributed by atoms with van der Waals surface area (Å²) in [7, 11) is 0. The molecule has 130 valence electrons. The molecule has 7 heteroatoms. The van der Waals surface area contributed by atoms with Crippen molar-refractivity contribution in [3.8, 4) is 0 Å². The zero-order valence-electron chi connectivity index (χ0n) is 13.9. The molecule has 0 unspecified atom stereocenters. The number of carbonyl (C=O) groups excluding carboxylic acids is 1. The van der Waals surface area contributed by atoms with Crippen molar-refractivity contribution < 1.29 is 9.72 Å². The molecule has 2 heterocycles. The number of pyridine rings is 1. The first-order valence-corrected chi connectivity index (χ1v) is 8.35. The van der Waals surface area contributed by atoms with Gasteiger partial charge in [0.15, 0.2) is 0 Å². The van der Waals surface area contributed by atoms with Crippen LogP contribution in [0.15, 0.2) is 42.7 Å². The Labute approximate surface area is 145 Å². The fraction of sp³-hybridized carbons (Fsp3) is 0.333. The number of carbonyl (C=O) groups is 1.